The molecule has 0 amide bonds. The summed E-state index contributed by atoms with van der Waals surface area (Å²) in [5, 5.41) is 0. The number of carbonyl (C=O) groups excluding carboxylic acids is 1. The van der Waals surface area contributed by atoms with Crippen LogP contribution in [0.4, 0.5) is 0 Å². The summed E-state index contributed by atoms with van der Waals surface area (Å²) >= 11 is 0. The van der Waals surface area contributed by atoms with Crippen molar-refractivity contribution in [2.75, 3.05) is 0 Å². The van der Waals surface area contributed by atoms with Crippen LogP contribution in [-0.4, -0.2) is 5.78 Å². The van der Waals surface area contributed by atoms with Gasteiger partial charge in [-0.25, -0.2) is 0 Å². The monoisotopic (exact) mass is 272 g/mol. The first kappa shape index (κ1) is 13.1. The molecule has 5 unspecified atom stereocenters. The van der Waals surface area contributed by atoms with Crippen molar-refractivity contribution in [1.29, 1.82) is 0 Å². The SMILES string of the molecule is CC1CCC2C(CCC3C4CCC(=O)C=C4CC[C@H]23)C1. The molecule has 6 atom stereocenters. The molecule has 0 aromatic carbocycles. The molecular weight excluding hydrogens is 244 g/mol. The molecule has 0 aromatic rings. The molecule has 110 valence electrons. The minimum absolute atomic E-state index is 0.398. The Bertz CT molecular complexity index is 435. The van der Waals surface area contributed by atoms with Crippen LogP contribution in [0.2, 0.25) is 0 Å². The molecule has 0 saturated heterocycles. The van der Waals surface area contributed by atoms with Crippen LogP contribution in [0.5, 0.6) is 0 Å². The maximum atomic E-state index is 11.7. The van der Waals surface area contributed by atoms with E-state index in [1.807, 2.05) is 6.08 Å². The van der Waals surface area contributed by atoms with Gasteiger partial charge in [0.15, 0.2) is 5.78 Å². The predicted octanol–water partition coefficient (Wildman–Crippen LogP) is 4.76. The van der Waals surface area contributed by atoms with Gasteiger partial charge in [-0.3, -0.25) is 4.79 Å². The fraction of sp³-hybridized carbons (Fsp3) is 0.842. The number of allylic oxidation sites excluding steroid dienone is 2. The Balaban J connectivity index is 1.56. The van der Waals surface area contributed by atoms with Crippen molar-refractivity contribution >= 4 is 5.78 Å². The topological polar surface area (TPSA) is 17.1 Å². The van der Waals surface area contributed by atoms with Crippen molar-refractivity contribution in [2.45, 2.75) is 64.7 Å². The molecule has 1 heteroatoms. The number of rotatable bonds is 0. The Morgan fingerprint density at radius 2 is 1.75 bits per heavy atom. The van der Waals surface area contributed by atoms with E-state index in [2.05, 4.69) is 6.92 Å². The molecule has 1 nitrogen and oxygen atoms in total. The van der Waals surface area contributed by atoms with Crippen molar-refractivity contribution in [3.8, 4) is 0 Å². The summed E-state index contributed by atoms with van der Waals surface area (Å²) in [7, 11) is 0. The molecule has 0 aliphatic heterocycles. The third kappa shape index (κ3) is 2.09. The van der Waals surface area contributed by atoms with Gasteiger partial charge in [0.2, 0.25) is 0 Å². The van der Waals surface area contributed by atoms with Gasteiger partial charge in [-0.2, -0.15) is 0 Å². The highest BCUT2D eigenvalue weighted by Gasteiger charge is 2.47. The molecule has 0 bridgehead atoms. The third-order valence-corrected chi connectivity index (χ3v) is 7.08. The lowest BCUT2D eigenvalue weighted by molar-refractivity contribution is -0.116. The highest BCUT2D eigenvalue weighted by atomic mass is 16.1. The van der Waals surface area contributed by atoms with Gasteiger partial charge in [0, 0.05) is 6.42 Å². The normalized spacial score (nSPS) is 47.9. The minimum atomic E-state index is 0.398. The summed E-state index contributed by atoms with van der Waals surface area (Å²) in [6, 6.07) is 0. The number of hydrogen-bond donors (Lipinski definition) is 0. The third-order valence-electron chi connectivity index (χ3n) is 7.08. The Morgan fingerprint density at radius 1 is 0.900 bits per heavy atom. The van der Waals surface area contributed by atoms with Crippen LogP contribution >= 0.6 is 0 Å². The first-order chi connectivity index (χ1) is 9.72. The Kier molecular flexibility index (Phi) is 3.27. The van der Waals surface area contributed by atoms with Crippen molar-refractivity contribution in [1.82, 2.24) is 0 Å². The van der Waals surface area contributed by atoms with Crippen LogP contribution in [0.1, 0.15) is 64.7 Å². The fourth-order valence-electron chi connectivity index (χ4n) is 6.23. The van der Waals surface area contributed by atoms with Gasteiger partial charge in [0.05, 0.1) is 0 Å². The predicted molar refractivity (Wildman–Crippen MR) is 81.3 cm³/mol. The molecular formula is C19H28O. The maximum Gasteiger partial charge on any atom is 0.155 e. The second-order valence-corrected chi connectivity index (χ2v) is 8.12. The molecule has 4 rings (SSSR count). The van der Waals surface area contributed by atoms with E-state index in [0.717, 1.165) is 41.9 Å². The van der Waals surface area contributed by atoms with Gasteiger partial charge >= 0.3 is 0 Å². The van der Waals surface area contributed by atoms with Crippen LogP contribution in [0, 0.1) is 35.5 Å². The molecule has 0 radical (unpaired) electrons. The second-order valence-electron chi connectivity index (χ2n) is 8.12. The van der Waals surface area contributed by atoms with Gasteiger partial charge in [-0.15, -0.1) is 0 Å². The Labute approximate surface area is 123 Å². The largest absolute Gasteiger partial charge is 0.295 e. The Hall–Kier alpha value is -0.590. The van der Waals surface area contributed by atoms with E-state index in [1.54, 1.807) is 0 Å². The average Bonchev–Trinajstić information content (AvgIpc) is 2.45. The van der Waals surface area contributed by atoms with Crippen LogP contribution in [0.3, 0.4) is 0 Å². The number of carbonyl (C=O) groups is 1. The zero-order valence-corrected chi connectivity index (χ0v) is 12.8. The van der Waals surface area contributed by atoms with Crippen molar-refractivity contribution in [3.63, 3.8) is 0 Å². The summed E-state index contributed by atoms with van der Waals surface area (Å²) in [6.45, 7) is 2.46. The Morgan fingerprint density at radius 3 is 2.65 bits per heavy atom. The highest BCUT2D eigenvalue weighted by molar-refractivity contribution is 5.91. The number of hydrogen-bond acceptors (Lipinski definition) is 1. The van der Waals surface area contributed by atoms with E-state index in [-0.39, 0.29) is 0 Å². The quantitative estimate of drug-likeness (QED) is 0.621. The first-order valence-corrected chi connectivity index (χ1v) is 8.95. The fourth-order valence-corrected chi connectivity index (χ4v) is 6.23. The molecule has 4 aliphatic rings. The van der Waals surface area contributed by atoms with Gasteiger partial charge in [0.25, 0.3) is 0 Å². The molecule has 3 saturated carbocycles. The smallest absolute Gasteiger partial charge is 0.155 e. The zero-order valence-electron chi connectivity index (χ0n) is 12.8. The van der Waals surface area contributed by atoms with Gasteiger partial charge < -0.3 is 0 Å². The number of fused-ring (bicyclic) bond motifs is 5. The summed E-state index contributed by atoms with van der Waals surface area (Å²) in [5.41, 5.74) is 1.53. The van der Waals surface area contributed by atoms with Crippen molar-refractivity contribution in [2.24, 2.45) is 35.5 Å². The zero-order chi connectivity index (χ0) is 13.7. The van der Waals surface area contributed by atoms with Gasteiger partial charge in [0.1, 0.15) is 0 Å². The summed E-state index contributed by atoms with van der Waals surface area (Å²) in [6.07, 6.45) is 14.0. The van der Waals surface area contributed by atoms with Crippen LogP contribution in [-0.2, 0) is 4.79 Å². The standard InChI is InChI=1S/C19H28O/c1-12-2-6-16-13(10-12)3-7-19-17-9-5-15(20)11-14(17)4-8-18(16)19/h11-13,16-19H,2-10H2,1H3/t12?,13?,16?,17?,18-,19?/m1/s1. The minimum Gasteiger partial charge on any atom is -0.295 e. The molecule has 0 heterocycles. The van der Waals surface area contributed by atoms with Gasteiger partial charge in [-0.05, 0) is 86.5 Å². The molecule has 4 aliphatic carbocycles. The number of ketones is 1. The maximum absolute atomic E-state index is 11.7. The van der Waals surface area contributed by atoms with Crippen molar-refractivity contribution in [3.05, 3.63) is 11.6 Å². The summed E-state index contributed by atoms with van der Waals surface area (Å²) in [5.74, 6) is 6.15. The summed E-state index contributed by atoms with van der Waals surface area (Å²) in [4.78, 5) is 11.7. The van der Waals surface area contributed by atoms with E-state index in [4.69, 9.17) is 0 Å². The molecule has 20 heavy (non-hydrogen) atoms. The van der Waals surface area contributed by atoms with Crippen LogP contribution < -0.4 is 0 Å². The molecule has 0 N–H and O–H groups in total. The van der Waals surface area contributed by atoms with E-state index < -0.39 is 0 Å². The van der Waals surface area contributed by atoms with Crippen LogP contribution in [0.15, 0.2) is 11.6 Å². The second kappa shape index (κ2) is 5.00. The van der Waals surface area contributed by atoms with E-state index >= 15 is 0 Å². The summed E-state index contributed by atoms with van der Waals surface area (Å²) < 4.78 is 0. The van der Waals surface area contributed by atoms with Gasteiger partial charge in [-0.1, -0.05) is 18.9 Å². The molecule has 3 fully saturated rings. The van der Waals surface area contributed by atoms with Crippen LogP contribution in [0.25, 0.3) is 0 Å². The van der Waals surface area contributed by atoms with E-state index in [9.17, 15) is 4.79 Å². The van der Waals surface area contributed by atoms with Crippen molar-refractivity contribution < 1.29 is 4.79 Å². The molecule has 0 spiro atoms. The van der Waals surface area contributed by atoms with E-state index in [1.165, 1.54) is 56.9 Å². The lowest BCUT2D eigenvalue weighted by atomic mass is 9.52. The lowest BCUT2D eigenvalue weighted by Crippen LogP contribution is -2.44. The highest BCUT2D eigenvalue weighted by Crippen LogP contribution is 2.56. The molecule has 0 aromatic heterocycles. The average molecular weight is 272 g/mol. The van der Waals surface area contributed by atoms with E-state index in [0.29, 0.717) is 5.78 Å². The first-order valence-electron chi connectivity index (χ1n) is 8.95. The lowest BCUT2D eigenvalue weighted by Gasteiger charge is -2.53.